The van der Waals surface area contributed by atoms with Crippen LogP contribution in [0.15, 0.2) is 35.7 Å². The minimum atomic E-state index is -0.843. The number of carboxylic acid groups (broad SMARTS) is 1. The maximum Gasteiger partial charge on any atom is 0.313 e. The molecule has 21 heavy (non-hydrogen) atoms. The Labute approximate surface area is 128 Å². The SMILES string of the molecule is CC(C)(C)c1cnc(SCC(=O)O)n1Cc1ccccn1. The number of nitrogens with zero attached hydrogens (tertiary/aromatic N) is 3. The average Bonchev–Trinajstić information content (AvgIpc) is 2.80. The summed E-state index contributed by atoms with van der Waals surface area (Å²) < 4.78 is 2.05. The molecule has 2 aromatic rings. The van der Waals surface area contributed by atoms with Crippen LogP contribution in [0.4, 0.5) is 0 Å². The number of carboxylic acids is 1. The second-order valence-corrected chi connectivity index (χ2v) is 6.71. The van der Waals surface area contributed by atoms with E-state index in [9.17, 15) is 4.79 Å². The molecule has 0 aliphatic heterocycles. The van der Waals surface area contributed by atoms with Crippen LogP contribution in [0.3, 0.4) is 0 Å². The van der Waals surface area contributed by atoms with Gasteiger partial charge in [0, 0.05) is 23.5 Å². The van der Waals surface area contributed by atoms with Gasteiger partial charge in [-0.3, -0.25) is 9.78 Å². The Kier molecular flexibility index (Phi) is 4.67. The zero-order valence-electron chi connectivity index (χ0n) is 12.4. The van der Waals surface area contributed by atoms with Crippen LogP contribution in [0.5, 0.6) is 0 Å². The van der Waals surface area contributed by atoms with Crippen molar-refractivity contribution >= 4 is 17.7 Å². The molecule has 0 aliphatic carbocycles. The Hall–Kier alpha value is -1.82. The van der Waals surface area contributed by atoms with E-state index < -0.39 is 5.97 Å². The molecular formula is C15H19N3O2S. The first-order valence-corrected chi connectivity index (χ1v) is 7.67. The van der Waals surface area contributed by atoms with Crippen LogP contribution in [0.2, 0.25) is 0 Å². The summed E-state index contributed by atoms with van der Waals surface area (Å²) in [5.74, 6) is -0.840. The van der Waals surface area contributed by atoms with Gasteiger partial charge in [0.2, 0.25) is 0 Å². The normalized spacial score (nSPS) is 11.6. The number of hydrogen-bond donors (Lipinski definition) is 1. The lowest BCUT2D eigenvalue weighted by Gasteiger charge is -2.21. The summed E-state index contributed by atoms with van der Waals surface area (Å²) in [6.45, 7) is 6.94. The Morgan fingerprint density at radius 2 is 2.10 bits per heavy atom. The molecule has 0 aromatic carbocycles. The van der Waals surface area contributed by atoms with E-state index in [1.807, 2.05) is 24.4 Å². The van der Waals surface area contributed by atoms with Gasteiger partial charge in [-0.05, 0) is 12.1 Å². The molecule has 0 atom stereocenters. The summed E-state index contributed by atoms with van der Waals surface area (Å²) in [4.78, 5) is 19.5. The fourth-order valence-corrected chi connectivity index (χ4v) is 2.70. The number of thioether (sulfide) groups is 1. The van der Waals surface area contributed by atoms with Crippen molar-refractivity contribution in [1.82, 2.24) is 14.5 Å². The molecule has 2 rings (SSSR count). The number of pyridine rings is 1. The summed E-state index contributed by atoms with van der Waals surface area (Å²) in [6, 6.07) is 5.78. The molecule has 6 heteroatoms. The van der Waals surface area contributed by atoms with Crippen molar-refractivity contribution in [2.45, 2.75) is 37.9 Å². The van der Waals surface area contributed by atoms with Crippen LogP contribution >= 0.6 is 11.8 Å². The van der Waals surface area contributed by atoms with E-state index in [-0.39, 0.29) is 11.2 Å². The summed E-state index contributed by atoms with van der Waals surface area (Å²) in [6.07, 6.45) is 3.58. The van der Waals surface area contributed by atoms with Crippen LogP contribution in [0, 0.1) is 0 Å². The van der Waals surface area contributed by atoms with Crippen molar-refractivity contribution < 1.29 is 9.90 Å². The van der Waals surface area contributed by atoms with Gasteiger partial charge in [0.15, 0.2) is 5.16 Å². The van der Waals surface area contributed by atoms with Crippen molar-refractivity contribution in [3.63, 3.8) is 0 Å². The van der Waals surface area contributed by atoms with E-state index >= 15 is 0 Å². The highest BCUT2D eigenvalue weighted by Crippen LogP contribution is 2.28. The van der Waals surface area contributed by atoms with E-state index in [0.29, 0.717) is 11.7 Å². The van der Waals surface area contributed by atoms with E-state index in [4.69, 9.17) is 5.11 Å². The molecule has 112 valence electrons. The number of imidazole rings is 1. The lowest BCUT2D eigenvalue weighted by atomic mass is 9.92. The maximum absolute atomic E-state index is 10.8. The lowest BCUT2D eigenvalue weighted by molar-refractivity contribution is -0.133. The molecule has 0 fully saturated rings. The Balaban J connectivity index is 2.34. The number of aliphatic carboxylic acids is 1. The third-order valence-electron chi connectivity index (χ3n) is 2.96. The number of carbonyl (C=O) groups is 1. The largest absolute Gasteiger partial charge is 0.481 e. The molecule has 1 N–H and O–H groups in total. The Morgan fingerprint density at radius 1 is 1.33 bits per heavy atom. The summed E-state index contributed by atoms with van der Waals surface area (Å²) in [7, 11) is 0. The van der Waals surface area contributed by atoms with Crippen molar-refractivity contribution in [3.8, 4) is 0 Å². The monoisotopic (exact) mass is 305 g/mol. The third kappa shape index (κ3) is 4.07. The molecular weight excluding hydrogens is 286 g/mol. The van der Waals surface area contributed by atoms with E-state index in [1.54, 1.807) is 6.20 Å². The maximum atomic E-state index is 10.8. The van der Waals surface area contributed by atoms with Gasteiger partial charge in [-0.15, -0.1) is 0 Å². The van der Waals surface area contributed by atoms with Gasteiger partial charge in [0.05, 0.1) is 18.0 Å². The van der Waals surface area contributed by atoms with Crippen molar-refractivity contribution in [3.05, 3.63) is 42.0 Å². The van der Waals surface area contributed by atoms with E-state index in [0.717, 1.165) is 11.4 Å². The van der Waals surface area contributed by atoms with Crippen LogP contribution in [0.1, 0.15) is 32.2 Å². The molecule has 0 radical (unpaired) electrons. The van der Waals surface area contributed by atoms with Gasteiger partial charge in [-0.1, -0.05) is 38.6 Å². The Morgan fingerprint density at radius 3 is 2.67 bits per heavy atom. The van der Waals surface area contributed by atoms with Crippen molar-refractivity contribution in [1.29, 1.82) is 0 Å². The molecule has 0 saturated heterocycles. The first-order valence-electron chi connectivity index (χ1n) is 6.68. The number of aromatic nitrogens is 3. The number of hydrogen-bond acceptors (Lipinski definition) is 4. The highest BCUT2D eigenvalue weighted by atomic mass is 32.2. The third-order valence-corrected chi connectivity index (χ3v) is 3.93. The van der Waals surface area contributed by atoms with Gasteiger partial charge < -0.3 is 9.67 Å². The fourth-order valence-electron chi connectivity index (χ4n) is 2.01. The molecule has 0 saturated carbocycles. The highest BCUT2D eigenvalue weighted by Gasteiger charge is 2.22. The van der Waals surface area contributed by atoms with Gasteiger partial charge in [0.25, 0.3) is 0 Å². The second kappa shape index (κ2) is 6.30. The van der Waals surface area contributed by atoms with Gasteiger partial charge >= 0.3 is 5.97 Å². The number of rotatable bonds is 5. The standard InChI is InChI=1S/C15H19N3O2S/c1-15(2,3)12-8-17-14(21-10-13(19)20)18(12)9-11-6-4-5-7-16-11/h4-8H,9-10H2,1-3H3,(H,19,20). The molecule has 0 amide bonds. The van der Waals surface area contributed by atoms with Crippen LogP contribution in [-0.4, -0.2) is 31.4 Å². The highest BCUT2D eigenvalue weighted by molar-refractivity contribution is 7.99. The molecule has 0 aliphatic rings. The summed E-state index contributed by atoms with van der Waals surface area (Å²) in [5.41, 5.74) is 1.93. The van der Waals surface area contributed by atoms with E-state index in [1.165, 1.54) is 11.8 Å². The second-order valence-electron chi connectivity index (χ2n) is 5.77. The molecule has 0 bridgehead atoms. The van der Waals surface area contributed by atoms with Crippen LogP contribution < -0.4 is 0 Å². The first-order chi connectivity index (χ1) is 9.88. The topological polar surface area (TPSA) is 68.0 Å². The quantitative estimate of drug-likeness (QED) is 0.860. The fraction of sp³-hybridized carbons (Fsp3) is 0.400. The Bertz CT molecular complexity index is 618. The molecule has 2 heterocycles. The smallest absolute Gasteiger partial charge is 0.313 e. The average molecular weight is 305 g/mol. The van der Waals surface area contributed by atoms with Crippen LogP contribution in [0.25, 0.3) is 0 Å². The summed E-state index contributed by atoms with van der Waals surface area (Å²) >= 11 is 1.24. The van der Waals surface area contributed by atoms with Crippen LogP contribution in [-0.2, 0) is 16.8 Å². The molecule has 2 aromatic heterocycles. The molecule has 5 nitrogen and oxygen atoms in total. The van der Waals surface area contributed by atoms with Gasteiger partial charge in [-0.2, -0.15) is 0 Å². The van der Waals surface area contributed by atoms with Gasteiger partial charge in [0.1, 0.15) is 0 Å². The minimum absolute atomic E-state index is 0.00279. The van der Waals surface area contributed by atoms with Crippen molar-refractivity contribution in [2.24, 2.45) is 0 Å². The van der Waals surface area contributed by atoms with Gasteiger partial charge in [-0.25, -0.2) is 4.98 Å². The molecule has 0 unspecified atom stereocenters. The molecule has 0 spiro atoms. The van der Waals surface area contributed by atoms with E-state index in [2.05, 4.69) is 35.3 Å². The minimum Gasteiger partial charge on any atom is -0.481 e. The first kappa shape index (κ1) is 15.6. The van der Waals surface area contributed by atoms with Crippen molar-refractivity contribution in [2.75, 3.05) is 5.75 Å². The predicted octanol–water partition coefficient (Wildman–Crippen LogP) is 2.80. The lowest BCUT2D eigenvalue weighted by Crippen LogP contribution is -2.19. The zero-order valence-corrected chi connectivity index (χ0v) is 13.2. The summed E-state index contributed by atoms with van der Waals surface area (Å²) in [5, 5.41) is 9.57. The zero-order chi connectivity index (χ0) is 15.5. The predicted molar refractivity (Wildman–Crippen MR) is 82.6 cm³/mol.